The Morgan fingerprint density at radius 1 is 1.00 bits per heavy atom. The quantitative estimate of drug-likeness (QED) is 0.181. The van der Waals surface area contributed by atoms with E-state index in [2.05, 4.69) is 10.3 Å². The van der Waals surface area contributed by atoms with Gasteiger partial charge in [0.05, 0.1) is 17.3 Å². The van der Waals surface area contributed by atoms with Gasteiger partial charge in [-0.15, -0.1) is 22.7 Å². The number of aromatic nitrogens is 2. The van der Waals surface area contributed by atoms with Crippen molar-refractivity contribution in [2.75, 3.05) is 18.5 Å². The third-order valence-electron chi connectivity index (χ3n) is 6.05. The fourth-order valence-corrected chi connectivity index (χ4v) is 6.19. The topological polar surface area (TPSA) is 143 Å². The van der Waals surface area contributed by atoms with E-state index in [0.717, 1.165) is 26.3 Å². The average Bonchev–Trinajstić information content (AvgIpc) is 3.55. The lowest BCUT2D eigenvalue weighted by Crippen LogP contribution is -2.28. The molecule has 208 valence electrons. The maximum Gasteiger partial charge on any atom is 0.348 e. The molecule has 0 atom stereocenters. The summed E-state index contributed by atoms with van der Waals surface area (Å²) in [6.07, 6.45) is 1.25. The average molecular weight is 589 g/mol. The van der Waals surface area contributed by atoms with Crippen LogP contribution in [0.1, 0.15) is 25.6 Å². The molecular formula is C29H24N4O6S2. The second kappa shape index (κ2) is 12.1. The first-order valence-electron chi connectivity index (χ1n) is 12.4. The zero-order valence-corrected chi connectivity index (χ0v) is 23.4. The number of rotatable bonds is 10. The number of nitrogens with zero attached hydrogens (tertiary/aromatic N) is 2. The summed E-state index contributed by atoms with van der Waals surface area (Å²) in [6.45, 7) is 1.49. The number of para-hydroxylation sites is 1. The number of primary amides is 1. The van der Waals surface area contributed by atoms with Crippen molar-refractivity contribution in [3.63, 3.8) is 0 Å². The number of amides is 2. The highest BCUT2D eigenvalue weighted by molar-refractivity contribution is 7.20. The van der Waals surface area contributed by atoms with Crippen molar-refractivity contribution < 1.29 is 23.9 Å². The van der Waals surface area contributed by atoms with Crippen LogP contribution in [-0.2, 0) is 16.1 Å². The van der Waals surface area contributed by atoms with Crippen molar-refractivity contribution in [1.29, 1.82) is 0 Å². The number of esters is 1. The minimum absolute atomic E-state index is 0.0290. The van der Waals surface area contributed by atoms with E-state index in [1.165, 1.54) is 17.7 Å². The number of hydrogen-bond acceptors (Lipinski definition) is 9. The van der Waals surface area contributed by atoms with Gasteiger partial charge in [0, 0.05) is 4.88 Å². The van der Waals surface area contributed by atoms with Crippen LogP contribution in [-0.4, -0.2) is 40.5 Å². The summed E-state index contributed by atoms with van der Waals surface area (Å²) in [6, 6.07) is 20.2. The van der Waals surface area contributed by atoms with Gasteiger partial charge in [0.15, 0.2) is 0 Å². The van der Waals surface area contributed by atoms with E-state index in [-0.39, 0.29) is 40.6 Å². The SMILES string of the molecule is Cc1c(C(=O)OCCOc2ccccc2)sc2ncn(CC(=O)Nc3sc(-c4ccccc4)cc3C(N)=O)c(=O)c12. The Kier molecular flexibility index (Phi) is 8.22. The third-order valence-corrected chi connectivity index (χ3v) is 8.33. The van der Waals surface area contributed by atoms with E-state index in [4.69, 9.17) is 15.2 Å². The molecule has 3 N–H and O–H groups in total. The summed E-state index contributed by atoms with van der Waals surface area (Å²) in [5, 5.41) is 3.21. The second-order valence-electron chi connectivity index (χ2n) is 8.84. The van der Waals surface area contributed by atoms with Crippen molar-refractivity contribution in [1.82, 2.24) is 9.55 Å². The van der Waals surface area contributed by atoms with E-state index < -0.39 is 23.3 Å². The first kappa shape index (κ1) is 27.7. The van der Waals surface area contributed by atoms with E-state index in [1.807, 2.05) is 48.5 Å². The summed E-state index contributed by atoms with van der Waals surface area (Å²) in [4.78, 5) is 56.6. The monoisotopic (exact) mass is 588 g/mol. The van der Waals surface area contributed by atoms with Crippen LogP contribution in [0.5, 0.6) is 5.75 Å². The number of aryl methyl sites for hydroxylation is 1. The van der Waals surface area contributed by atoms with Crippen LogP contribution in [0.3, 0.4) is 0 Å². The summed E-state index contributed by atoms with van der Waals surface area (Å²) in [5.41, 5.74) is 6.53. The summed E-state index contributed by atoms with van der Waals surface area (Å²) < 4.78 is 12.0. The van der Waals surface area contributed by atoms with Crippen molar-refractivity contribution in [3.8, 4) is 16.2 Å². The van der Waals surface area contributed by atoms with Gasteiger partial charge in [0.25, 0.3) is 11.5 Å². The van der Waals surface area contributed by atoms with E-state index in [9.17, 15) is 19.2 Å². The molecule has 0 radical (unpaired) electrons. The fourth-order valence-electron chi connectivity index (χ4n) is 4.08. The maximum absolute atomic E-state index is 13.3. The predicted octanol–water partition coefficient (Wildman–Crippen LogP) is 4.47. The summed E-state index contributed by atoms with van der Waals surface area (Å²) >= 11 is 2.25. The van der Waals surface area contributed by atoms with Crippen LogP contribution in [0.15, 0.2) is 77.9 Å². The Balaban J connectivity index is 1.28. The number of benzene rings is 2. The van der Waals surface area contributed by atoms with Crippen LogP contribution >= 0.6 is 22.7 Å². The largest absolute Gasteiger partial charge is 0.490 e. The highest BCUT2D eigenvalue weighted by Gasteiger charge is 2.22. The first-order valence-corrected chi connectivity index (χ1v) is 14.1. The molecule has 0 aliphatic carbocycles. The number of nitrogens with two attached hydrogens (primary N) is 1. The molecule has 5 aromatic rings. The first-order chi connectivity index (χ1) is 19.8. The Morgan fingerprint density at radius 3 is 2.41 bits per heavy atom. The molecule has 0 saturated heterocycles. The Bertz CT molecular complexity index is 1790. The van der Waals surface area contributed by atoms with Gasteiger partial charge in [0.1, 0.15) is 40.2 Å². The van der Waals surface area contributed by atoms with Crippen LogP contribution in [0.4, 0.5) is 5.00 Å². The molecule has 0 bridgehead atoms. The number of thiophene rings is 2. The number of carbonyl (C=O) groups is 3. The summed E-state index contributed by atoms with van der Waals surface area (Å²) in [7, 11) is 0. The maximum atomic E-state index is 13.3. The van der Waals surface area contributed by atoms with Crippen LogP contribution < -0.4 is 21.3 Å². The van der Waals surface area contributed by atoms with E-state index in [0.29, 0.717) is 16.1 Å². The second-order valence-corrected chi connectivity index (χ2v) is 10.9. The molecule has 41 heavy (non-hydrogen) atoms. The number of anilines is 1. The number of hydrogen-bond donors (Lipinski definition) is 2. The Labute approximate surface area is 242 Å². The van der Waals surface area contributed by atoms with Gasteiger partial charge in [-0.25, -0.2) is 9.78 Å². The summed E-state index contributed by atoms with van der Waals surface area (Å²) in [5.74, 6) is -1.14. The molecule has 2 amide bonds. The molecule has 0 unspecified atom stereocenters. The van der Waals surface area contributed by atoms with Gasteiger partial charge >= 0.3 is 5.97 Å². The highest BCUT2D eigenvalue weighted by atomic mass is 32.1. The number of carbonyl (C=O) groups excluding carboxylic acids is 3. The van der Waals surface area contributed by atoms with Crippen LogP contribution in [0, 0.1) is 6.92 Å². The van der Waals surface area contributed by atoms with Gasteiger partial charge in [-0.05, 0) is 36.2 Å². The molecule has 5 rings (SSSR count). The molecule has 0 saturated carbocycles. The molecule has 0 aliphatic rings. The smallest absolute Gasteiger partial charge is 0.348 e. The van der Waals surface area contributed by atoms with Gasteiger partial charge in [-0.2, -0.15) is 0 Å². The van der Waals surface area contributed by atoms with Gasteiger partial charge < -0.3 is 20.5 Å². The number of ether oxygens (including phenoxy) is 2. The minimum atomic E-state index is -0.682. The lowest BCUT2D eigenvalue weighted by molar-refractivity contribution is -0.116. The molecule has 10 nitrogen and oxygen atoms in total. The standard InChI is InChI=1S/C29H24N4O6S2/c1-17-23-27(41-24(17)29(37)39-13-12-38-19-10-6-3-7-11-19)31-16-33(28(23)36)15-22(34)32-26-20(25(30)35)14-21(40-26)18-8-4-2-5-9-18/h2-11,14,16H,12-13,15H2,1H3,(H2,30,35)(H,32,34). The van der Waals surface area contributed by atoms with Crippen molar-refractivity contribution in [3.05, 3.63) is 99.4 Å². The van der Waals surface area contributed by atoms with Crippen molar-refractivity contribution >= 4 is 55.7 Å². The Morgan fingerprint density at radius 2 is 1.71 bits per heavy atom. The molecule has 0 spiro atoms. The Hall–Kier alpha value is -4.81. The fraction of sp³-hybridized carbons (Fsp3) is 0.138. The van der Waals surface area contributed by atoms with Gasteiger partial charge in [-0.1, -0.05) is 48.5 Å². The van der Waals surface area contributed by atoms with Gasteiger partial charge in [-0.3, -0.25) is 19.0 Å². The molecule has 0 aliphatic heterocycles. The molecule has 12 heteroatoms. The molecule has 0 fully saturated rings. The van der Waals surface area contributed by atoms with Crippen LogP contribution in [0.25, 0.3) is 20.7 Å². The molecule has 2 aromatic carbocycles. The van der Waals surface area contributed by atoms with Crippen molar-refractivity contribution in [2.45, 2.75) is 13.5 Å². The zero-order chi connectivity index (χ0) is 28.9. The highest BCUT2D eigenvalue weighted by Crippen LogP contribution is 2.35. The van der Waals surface area contributed by atoms with Crippen LogP contribution in [0.2, 0.25) is 0 Å². The number of nitrogens with one attached hydrogen (secondary N) is 1. The normalized spacial score (nSPS) is 10.9. The predicted molar refractivity (Wildman–Crippen MR) is 158 cm³/mol. The third kappa shape index (κ3) is 6.18. The molecule has 3 heterocycles. The zero-order valence-electron chi connectivity index (χ0n) is 21.8. The molecular weight excluding hydrogens is 564 g/mol. The lowest BCUT2D eigenvalue weighted by Gasteiger charge is -2.07. The lowest BCUT2D eigenvalue weighted by atomic mass is 10.1. The van der Waals surface area contributed by atoms with Crippen molar-refractivity contribution in [2.24, 2.45) is 5.73 Å². The van der Waals surface area contributed by atoms with Gasteiger partial charge in [0.2, 0.25) is 5.91 Å². The molecule has 3 aromatic heterocycles. The van der Waals surface area contributed by atoms with E-state index in [1.54, 1.807) is 25.1 Å². The number of fused-ring (bicyclic) bond motifs is 1. The van der Waals surface area contributed by atoms with E-state index >= 15 is 0 Å². The minimum Gasteiger partial charge on any atom is -0.490 e.